The number of hydrogen-bond donors (Lipinski definition) is 0. The molecule has 0 aromatic heterocycles. The minimum absolute atomic E-state index is 0.0240. The fourth-order valence-corrected chi connectivity index (χ4v) is 1.77. The van der Waals surface area contributed by atoms with Crippen LogP contribution in [0, 0.1) is 11.3 Å². The molecule has 0 saturated heterocycles. The van der Waals surface area contributed by atoms with Gasteiger partial charge in [0.1, 0.15) is 11.5 Å². The number of benzene rings is 1. The number of rotatable bonds is 3. The van der Waals surface area contributed by atoms with Gasteiger partial charge < -0.3 is 9.47 Å². The van der Waals surface area contributed by atoms with E-state index in [1.54, 1.807) is 14.2 Å². The number of nitrogens with zero attached hydrogens (tertiary/aromatic N) is 1. The molecule has 3 nitrogen and oxygen atoms in total. The first-order chi connectivity index (χ1) is 7.93. The third-order valence-corrected chi connectivity index (χ3v) is 2.68. The SMILES string of the molecule is COc1cc(C(C)(C)C)c(OC)cc1CC#N. The van der Waals surface area contributed by atoms with Gasteiger partial charge in [0, 0.05) is 11.1 Å². The lowest BCUT2D eigenvalue weighted by atomic mass is 9.85. The standard InChI is InChI=1S/C14H19NO2/c1-14(2,3)11-9-12(16-4)10(6-7-15)8-13(11)17-5/h8-9H,6H2,1-5H3. The van der Waals surface area contributed by atoms with Gasteiger partial charge in [0.2, 0.25) is 0 Å². The van der Waals surface area contributed by atoms with Crippen LogP contribution in [0.15, 0.2) is 12.1 Å². The Morgan fingerprint density at radius 3 is 2.12 bits per heavy atom. The Labute approximate surface area is 103 Å². The maximum absolute atomic E-state index is 8.79. The van der Waals surface area contributed by atoms with Crippen molar-refractivity contribution in [1.82, 2.24) is 0 Å². The molecule has 0 amide bonds. The summed E-state index contributed by atoms with van der Waals surface area (Å²) in [4.78, 5) is 0. The molecule has 0 aliphatic rings. The van der Waals surface area contributed by atoms with Crippen molar-refractivity contribution in [1.29, 1.82) is 5.26 Å². The van der Waals surface area contributed by atoms with Crippen LogP contribution >= 0.6 is 0 Å². The first-order valence-corrected chi connectivity index (χ1v) is 5.56. The van der Waals surface area contributed by atoms with E-state index in [1.165, 1.54) is 0 Å². The van der Waals surface area contributed by atoms with E-state index in [4.69, 9.17) is 14.7 Å². The maximum Gasteiger partial charge on any atom is 0.123 e. The van der Waals surface area contributed by atoms with Crippen LogP contribution < -0.4 is 9.47 Å². The van der Waals surface area contributed by atoms with Crippen molar-refractivity contribution in [3.8, 4) is 17.6 Å². The summed E-state index contributed by atoms with van der Waals surface area (Å²) in [7, 11) is 3.27. The topological polar surface area (TPSA) is 42.2 Å². The van der Waals surface area contributed by atoms with Crippen LogP contribution in [0.4, 0.5) is 0 Å². The van der Waals surface area contributed by atoms with Gasteiger partial charge in [-0.25, -0.2) is 0 Å². The summed E-state index contributed by atoms with van der Waals surface area (Å²) in [6.45, 7) is 6.36. The van der Waals surface area contributed by atoms with Gasteiger partial charge >= 0.3 is 0 Å². The number of nitriles is 1. The van der Waals surface area contributed by atoms with E-state index in [0.717, 1.165) is 22.6 Å². The van der Waals surface area contributed by atoms with Crippen molar-refractivity contribution in [3.05, 3.63) is 23.3 Å². The Morgan fingerprint density at radius 1 is 1.12 bits per heavy atom. The molecule has 1 rings (SSSR count). The van der Waals surface area contributed by atoms with E-state index >= 15 is 0 Å². The molecule has 0 N–H and O–H groups in total. The molecule has 0 saturated carbocycles. The summed E-state index contributed by atoms with van der Waals surface area (Å²) in [5.74, 6) is 1.56. The van der Waals surface area contributed by atoms with Crippen molar-refractivity contribution >= 4 is 0 Å². The summed E-state index contributed by atoms with van der Waals surface area (Å²) >= 11 is 0. The fraction of sp³-hybridized carbons (Fsp3) is 0.500. The number of ether oxygens (including phenoxy) is 2. The largest absolute Gasteiger partial charge is 0.496 e. The zero-order valence-electron chi connectivity index (χ0n) is 11.1. The van der Waals surface area contributed by atoms with Crippen LogP contribution in [0.2, 0.25) is 0 Å². The minimum Gasteiger partial charge on any atom is -0.496 e. The molecule has 1 aromatic carbocycles. The first kappa shape index (κ1) is 13.4. The molecule has 0 bridgehead atoms. The highest BCUT2D eigenvalue weighted by atomic mass is 16.5. The second-order valence-corrected chi connectivity index (χ2v) is 4.95. The average Bonchev–Trinajstić information content (AvgIpc) is 2.27. The van der Waals surface area contributed by atoms with Crippen molar-refractivity contribution in [2.24, 2.45) is 0 Å². The van der Waals surface area contributed by atoms with E-state index in [1.807, 2.05) is 12.1 Å². The minimum atomic E-state index is -0.0240. The summed E-state index contributed by atoms with van der Waals surface area (Å²) < 4.78 is 10.7. The van der Waals surface area contributed by atoms with Gasteiger partial charge in [0.05, 0.1) is 26.7 Å². The molecule has 0 unspecified atom stereocenters. The first-order valence-electron chi connectivity index (χ1n) is 5.56. The molecule has 1 aromatic rings. The molecular weight excluding hydrogens is 214 g/mol. The molecule has 3 heteroatoms. The lowest BCUT2D eigenvalue weighted by Crippen LogP contribution is -2.13. The lowest BCUT2D eigenvalue weighted by molar-refractivity contribution is 0.385. The smallest absolute Gasteiger partial charge is 0.123 e. The van der Waals surface area contributed by atoms with Crippen LogP contribution in [-0.2, 0) is 11.8 Å². The average molecular weight is 233 g/mol. The van der Waals surface area contributed by atoms with Crippen LogP contribution in [0.3, 0.4) is 0 Å². The van der Waals surface area contributed by atoms with E-state index in [9.17, 15) is 0 Å². The molecule has 92 valence electrons. The van der Waals surface area contributed by atoms with Gasteiger partial charge in [-0.1, -0.05) is 20.8 Å². The fourth-order valence-electron chi connectivity index (χ4n) is 1.77. The highest BCUT2D eigenvalue weighted by Crippen LogP contribution is 2.36. The molecule has 0 spiro atoms. The zero-order valence-corrected chi connectivity index (χ0v) is 11.1. The lowest BCUT2D eigenvalue weighted by Gasteiger charge is -2.23. The monoisotopic (exact) mass is 233 g/mol. The molecule has 0 heterocycles. The van der Waals surface area contributed by atoms with Crippen molar-refractivity contribution in [3.63, 3.8) is 0 Å². The van der Waals surface area contributed by atoms with Gasteiger partial charge in [-0.3, -0.25) is 0 Å². The molecule has 0 atom stereocenters. The summed E-state index contributed by atoms with van der Waals surface area (Å²) in [5.41, 5.74) is 1.92. The van der Waals surface area contributed by atoms with Crippen molar-refractivity contribution in [2.75, 3.05) is 14.2 Å². The Hall–Kier alpha value is -1.69. The van der Waals surface area contributed by atoms with E-state index in [2.05, 4.69) is 26.8 Å². The Kier molecular flexibility index (Phi) is 4.01. The normalized spacial score (nSPS) is 10.8. The van der Waals surface area contributed by atoms with Crippen LogP contribution in [0.5, 0.6) is 11.5 Å². The number of methoxy groups -OCH3 is 2. The van der Waals surface area contributed by atoms with E-state index in [0.29, 0.717) is 6.42 Å². The quantitative estimate of drug-likeness (QED) is 0.805. The molecule has 0 fully saturated rings. The third-order valence-electron chi connectivity index (χ3n) is 2.68. The molecule has 0 aliphatic heterocycles. The highest BCUT2D eigenvalue weighted by Gasteiger charge is 2.21. The summed E-state index contributed by atoms with van der Waals surface area (Å²) in [6, 6.07) is 5.99. The summed E-state index contributed by atoms with van der Waals surface area (Å²) in [5, 5.41) is 8.79. The second kappa shape index (κ2) is 5.09. The van der Waals surface area contributed by atoms with Gasteiger partial charge in [0.15, 0.2) is 0 Å². The van der Waals surface area contributed by atoms with Crippen molar-refractivity contribution in [2.45, 2.75) is 32.6 Å². The van der Waals surface area contributed by atoms with E-state index < -0.39 is 0 Å². The summed E-state index contributed by atoms with van der Waals surface area (Å²) in [6.07, 6.45) is 0.323. The molecular formula is C14H19NO2. The van der Waals surface area contributed by atoms with Crippen LogP contribution in [0.25, 0.3) is 0 Å². The Bertz CT molecular complexity index is 439. The van der Waals surface area contributed by atoms with Crippen LogP contribution in [-0.4, -0.2) is 14.2 Å². The predicted molar refractivity (Wildman–Crippen MR) is 67.6 cm³/mol. The zero-order chi connectivity index (χ0) is 13.1. The molecule has 0 radical (unpaired) electrons. The van der Waals surface area contributed by atoms with Crippen LogP contribution in [0.1, 0.15) is 31.9 Å². The van der Waals surface area contributed by atoms with Gasteiger partial charge in [-0.15, -0.1) is 0 Å². The molecule has 0 aliphatic carbocycles. The van der Waals surface area contributed by atoms with Crippen molar-refractivity contribution < 1.29 is 9.47 Å². The van der Waals surface area contributed by atoms with Gasteiger partial charge in [0.25, 0.3) is 0 Å². The van der Waals surface area contributed by atoms with Gasteiger partial charge in [-0.05, 0) is 17.5 Å². The Morgan fingerprint density at radius 2 is 1.71 bits per heavy atom. The molecule has 17 heavy (non-hydrogen) atoms. The Balaban J connectivity index is 3.39. The highest BCUT2D eigenvalue weighted by molar-refractivity contribution is 5.50. The maximum atomic E-state index is 8.79. The predicted octanol–water partition coefficient (Wildman–Crippen LogP) is 3.07. The van der Waals surface area contributed by atoms with Gasteiger partial charge in [-0.2, -0.15) is 5.26 Å². The van der Waals surface area contributed by atoms with E-state index in [-0.39, 0.29) is 5.41 Å². The number of hydrogen-bond acceptors (Lipinski definition) is 3. The second-order valence-electron chi connectivity index (χ2n) is 4.95. The third kappa shape index (κ3) is 2.91.